The van der Waals surface area contributed by atoms with E-state index in [0.29, 0.717) is 29.2 Å². The molecule has 138 valence electrons. The molecule has 1 aromatic heterocycles. The second-order valence-electron chi connectivity index (χ2n) is 6.32. The third kappa shape index (κ3) is 3.67. The predicted molar refractivity (Wildman–Crippen MR) is 95.3 cm³/mol. The quantitative estimate of drug-likeness (QED) is 0.677. The van der Waals surface area contributed by atoms with Crippen LogP contribution in [0.2, 0.25) is 0 Å². The molecule has 26 heavy (non-hydrogen) atoms. The molecule has 4 nitrogen and oxygen atoms in total. The van der Waals surface area contributed by atoms with Gasteiger partial charge in [-0.15, -0.1) is 0 Å². The number of hydrogen-bond acceptors (Lipinski definition) is 3. The Balaban J connectivity index is 2.13. The van der Waals surface area contributed by atoms with E-state index in [4.69, 9.17) is 4.74 Å². The fourth-order valence-corrected chi connectivity index (χ4v) is 2.79. The summed E-state index contributed by atoms with van der Waals surface area (Å²) in [6, 6.07) is 11.0. The van der Waals surface area contributed by atoms with Crippen LogP contribution in [0.4, 0.5) is 13.2 Å². The molecule has 0 amide bonds. The lowest BCUT2D eigenvalue weighted by atomic mass is 10.2. The number of halogens is 3. The van der Waals surface area contributed by atoms with Crippen molar-refractivity contribution in [2.75, 3.05) is 27.7 Å². The Labute approximate surface area is 149 Å². The minimum absolute atomic E-state index is 0.337. The van der Waals surface area contributed by atoms with E-state index in [2.05, 4.69) is 4.98 Å². The Morgan fingerprint density at radius 2 is 1.77 bits per heavy atom. The molecular weight excluding hydrogens is 343 g/mol. The maximum absolute atomic E-state index is 13.0. The normalized spacial score (nSPS) is 12.1. The summed E-state index contributed by atoms with van der Waals surface area (Å²) < 4.78 is 46.2. The highest BCUT2D eigenvalue weighted by Gasteiger charge is 2.31. The molecule has 0 atom stereocenters. The minimum atomic E-state index is -4.39. The lowest BCUT2D eigenvalue weighted by Crippen LogP contribution is -2.18. The third-order valence-electron chi connectivity index (χ3n) is 4.19. The molecular formula is C19H20F3N3O. The standard InChI is InChI=1S/C19H20F3N3O/c1-24(2)10-11-25-17-9-6-14(19(20,21)22)12-16(17)23-18(25)13-4-7-15(26-3)8-5-13/h4-9,12H,10-11H2,1-3H3. The highest BCUT2D eigenvalue weighted by atomic mass is 19.4. The van der Waals surface area contributed by atoms with Gasteiger partial charge in [0.2, 0.25) is 0 Å². The summed E-state index contributed by atoms with van der Waals surface area (Å²) in [5, 5.41) is 0. The number of hydrogen-bond donors (Lipinski definition) is 0. The van der Waals surface area contributed by atoms with Gasteiger partial charge in [0.1, 0.15) is 11.6 Å². The van der Waals surface area contributed by atoms with Gasteiger partial charge in [0.05, 0.1) is 23.7 Å². The van der Waals surface area contributed by atoms with E-state index in [0.717, 1.165) is 24.2 Å². The Hall–Kier alpha value is -2.54. The molecule has 0 aliphatic heterocycles. The Morgan fingerprint density at radius 3 is 2.35 bits per heavy atom. The van der Waals surface area contributed by atoms with Gasteiger partial charge in [-0.1, -0.05) is 0 Å². The van der Waals surface area contributed by atoms with Gasteiger partial charge in [-0.3, -0.25) is 0 Å². The van der Waals surface area contributed by atoms with Crippen LogP contribution in [-0.4, -0.2) is 42.2 Å². The molecule has 0 saturated heterocycles. The molecule has 1 heterocycles. The SMILES string of the molecule is COc1ccc(-c2nc3cc(C(F)(F)F)ccc3n2CCN(C)C)cc1. The second kappa shape index (κ2) is 6.99. The first-order valence-corrected chi connectivity index (χ1v) is 8.16. The lowest BCUT2D eigenvalue weighted by molar-refractivity contribution is -0.137. The maximum atomic E-state index is 13.0. The molecule has 2 aromatic carbocycles. The van der Waals surface area contributed by atoms with Crippen molar-refractivity contribution in [2.24, 2.45) is 0 Å². The zero-order valence-corrected chi connectivity index (χ0v) is 14.8. The van der Waals surface area contributed by atoms with Gasteiger partial charge in [-0.05, 0) is 56.6 Å². The molecule has 0 aliphatic rings. The van der Waals surface area contributed by atoms with Crippen molar-refractivity contribution in [3.05, 3.63) is 48.0 Å². The molecule has 0 aliphatic carbocycles. The lowest BCUT2D eigenvalue weighted by Gasteiger charge is -2.14. The number of rotatable bonds is 5. The molecule has 0 saturated carbocycles. The Bertz CT molecular complexity index is 899. The molecule has 3 aromatic rings. The van der Waals surface area contributed by atoms with Crippen molar-refractivity contribution in [3.8, 4) is 17.1 Å². The van der Waals surface area contributed by atoms with Gasteiger partial charge in [0, 0.05) is 18.7 Å². The first kappa shape index (κ1) is 18.3. The summed E-state index contributed by atoms with van der Waals surface area (Å²) in [5.41, 5.74) is 1.16. The number of alkyl halides is 3. The van der Waals surface area contributed by atoms with Crippen LogP contribution in [0.5, 0.6) is 5.75 Å². The van der Waals surface area contributed by atoms with E-state index in [9.17, 15) is 13.2 Å². The fraction of sp³-hybridized carbons (Fsp3) is 0.316. The van der Waals surface area contributed by atoms with Gasteiger partial charge < -0.3 is 14.2 Å². The van der Waals surface area contributed by atoms with Gasteiger partial charge in [-0.2, -0.15) is 13.2 Å². The summed E-state index contributed by atoms with van der Waals surface area (Å²) in [4.78, 5) is 6.52. The van der Waals surface area contributed by atoms with Crippen molar-refractivity contribution < 1.29 is 17.9 Å². The summed E-state index contributed by atoms with van der Waals surface area (Å²) in [6.07, 6.45) is -4.39. The monoisotopic (exact) mass is 363 g/mol. The van der Waals surface area contributed by atoms with Crippen LogP contribution < -0.4 is 4.74 Å². The first-order chi connectivity index (χ1) is 12.3. The highest BCUT2D eigenvalue weighted by Crippen LogP contribution is 2.33. The van der Waals surface area contributed by atoms with Crippen LogP contribution >= 0.6 is 0 Å². The van der Waals surface area contributed by atoms with E-state index < -0.39 is 11.7 Å². The zero-order valence-electron chi connectivity index (χ0n) is 14.8. The fourth-order valence-electron chi connectivity index (χ4n) is 2.79. The number of benzene rings is 2. The first-order valence-electron chi connectivity index (χ1n) is 8.16. The average molecular weight is 363 g/mol. The van der Waals surface area contributed by atoms with E-state index in [1.807, 2.05) is 47.8 Å². The van der Waals surface area contributed by atoms with Crippen molar-refractivity contribution in [1.82, 2.24) is 14.5 Å². The van der Waals surface area contributed by atoms with Gasteiger partial charge in [0.25, 0.3) is 0 Å². The summed E-state index contributed by atoms with van der Waals surface area (Å²) in [5.74, 6) is 1.35. The average Bonchev–Trinajstić information content (AvgIpc) is 2.97. The van der Waals surface area contributed by atoms with Crippen molar-refractivity contribution in [2.45, 2.75) is 12.7 Å². The predicted octanol–water partition coefficient (Wildman–Crippen LogP) is 4.29. The van der Waals surface area contributed by atoms with E-state index in [1.165, 1.54) is 6.07 Å². The van der Waals surface area contributed by atoms with Gasteiger partial charge in [0.15, 0.2) is 0 Å². The number of methoxy groups -OCH3 is 1. The van der Waals surface area contributed by atoms with Crippen LogP contribution in [0, 0.1) is 0 Å². The Kier molecular flexibility index (Phi) is 4.91. The third-order valence-corrected chi connectivity index (χ3v) is 4.19. The molecule has 0 unspecified atom stereocenters. The van der Waals surface area contributed by atoms with Crippen molar-refractivity contribution in [3.63, 3.8) is 0 Å². The minimum Gasteiger partial charge on any atom is -0.497 e. The molecule has 0 spiro atoms. The van der Waals surface area contributed by atoms with Crippen LogP contribution in [0.15, 0.2) is 42.5 Å². The molecule has 0 bridgehead atoms. The highest BCUT2D eigenvalue weighted by molar-refractivity contribution is 5.81. The Morgan fingerprint density at radius 1 is 1.08 bits per heavy atom. The van der Waals surface area contributed by atoms with Crippen LogP contribution in [0.25, 0.3) is 22.4 Å². The summed E-state index contributed by atoms with van der Waals surface area (Å²) in [6.45, 7) is 1.37. The van der Waals surface area contributed by atoms with Gasteiger partial charge in [-0.25, -0.2) is 4.98 Å². The van der Waals surface area contributed by atoms with Crippen molar-refractivity contribution >= 4 is 11.0 Å². The molecule has 0 radical (unpaired) electrons. The summed E-state index contributed by atoms with van der Waals surface area (Å²) >= 11 is 0. The molecule has 7 heteroatoms. The van der Waals surface area contributed by atoms with Crippen LogP contribution in [-0.2, 0) is 12.7 Å². The largest absolute Gasteiger partial charge is 0.497 e. The van der Waals surface area contributed by atoms with Crippen LogP contribution in [0.1, 0.15) is 5.56 Å². The molecule has 3 rings (SSSR count). The number of ether oxygens (including phenoxy) is 1. The van der Waals surface area contributed by atoms with E-state index in [1.54, 1.807) is 7.11 Å². The molecule has 0 N–H and O–H groups in total. The smallest absolute Gasteiger partial charge is 0.416 e. The van der Waals surface area contributed by atoms with Gasteiger partial charge >= 0.3 is 6.18 Å². The van der Waals surface area contributed by atoms with E-state index in [-0.39, 0.29) is 0 Å². The molecule has 0 fully saturated rings. The number of aromatic nitrogens is 2. The topological polar surface area (TPSA) is 30.3 Å². The second-order valence-corrected chi connectivity index (χ2v) is 6.32. The van der Waals surface area contributed by atoms with Crippen LogP contribution in [0.3, 0.4) is 0 Å². The maximum Gasteiger partial charge on any atom is 0.416 e. The number of nitrogens with zero attached hydrogens (tertiary/aromatic N) is 3. The summed E-state index contributed by atoms with van der Waals surface area (Å²) in [7, 11) is 5.49. The number of likely N-dealkylation sites (N-methyl/N-ethyl adjacent to an activating group) is 1. The van der Waals surface area contributed by atoms with E-state index >= 15 is 0 Å². The zero-order chi connectivity index (χ0) is 18.9. The number of fused-ring (bicyclic) bond motifs is 1. The van der Waals surface area contributed by atoms with Crippen molar-refractivity contribution in [1.29, 1.82) is 0 Å². The number of imidazole rings is 1.